The Morgan fingerprint density at radius 2 is 0.820 bits per heavy atom. The Labute approximate surface area is 371 Å². The van der Waals surface area contributed by atoms with Crippen LogP contribution in [0, 0.1) is 12.1 Å². The third-order valence-corrected chi connectivity index (χ3v) is 12.2. The fourth-order valence-electron chi connectivity index (χ4n) is 9.04. The van der Waals surface area contributed by atoms with Gasteiger partial charge in [-0.25, -0.2) is 0 Å². The molecule has 6 heteroatoms. The standard InChI is InChI=1S/C55H42N2O3.Pt/c1-53(2,3)33-23-25-45-41(31-33)55(42-32-34(54(4,5)6)24-26-46(42)60-45,49-29-27-47-51(56-49)39-19-9-7-15-35(39)37-17-11-13-21-43(37)58-47)50-30-28-48-52(57-50)40-20-10-8-16-36(40)38-18-12-14-22-44(38)59-48;/h7-18,21-32H,1-6H3;/q-2;+2. The van der Waals surface area contributed by atoms with Crippen molar-refractivity contribution in [1.29, 1.82) is 0 Å². The molecule has 0 N–H and O–H groups in total. The van der Waals surface area contributed by atoms with Crippen LogP contribution in [0.25, 0.3) is 44.8 Å². The van der Waals surface area contributed by atoms with E-state index in [1.807, 2.05) is 60.7 Å². The first-order valence-corrected chi connectivity index (χ1v) is 20.6. The molecule has 0 saturated carbocycles. The maximum absolute atomic E-state index is 6.96. The van der Waals surface area contributed by atoms with Gasteiger partial charge in [0.2, 0.25) is 0 Å². The maximum atomic E-state index is 6.96. The Morgan fingerprint density at radius 3 is 1.26 bits per heavy atom. The molecular formula is C55H42N2O3Pt. The van der Waals surface area contributed by atoms with Gasteiger partial charge in [0, 0.05) is 22.5 Å². The van der Waals surface area contributed by atoms with Gasteiger partial charge in [-0.1, -0.05) is 101 Å². The fraction of sp³-hybridized carbons (Fsp3) is 0.164. The van der Waals surface area contributed by atoms with Gasteiger partial charge in [-0.2, -0.15) is 0 Å². The van der Waals surface area contributed by atoms with Gasteiger partial charge in [0.15, 0.2) is 0 Å². The van der Waals surface area contributed by atoms with Gasteiger partial charge in [-0.05, 0) is 93.7 Å². The number of hydrogen-bond acceptors (Lipinski definition) is 5. The Kier molecular flexibility index (Phi) is 9.02. The zero-order valence-corrected chi connectivity index (χ0v) is 37.1. The summed E-state index contributed by atoms with van der Waals surface area (Å²) in [4.78, 5) is 11.5. The number of nitrogens with zero attached hydrogens (tertiary/aromatic N) is 2. The molecule has 0 amide bonds. The number of hydrogen-bond donors (Lipinski definition) is 0. The van der Waals surface area contributed by atoms with E-state index >= 15 is 0 Å². The summed E-state index contributed by atoms with van der Waals surface area (Å²) in [5.74, 6) is 4.36. The largest absolute Gasteiger partial charge is 2.00 e. The number of rotatable bonds is 2. The van der Waals surface area contributed by atoms with E-state index in [-0.39, 0.29) is 31.9 Å². The quantitative estimate of drug-likeness (QED) is 0.162. The van der Waals surface area contributed by atoms with E-state index in [0.29, 0.717) is 22.9 Å². The summed E-state index contributed by atoms with van der Waals surface area (Å²) in [7, 11) is 0. The first kappa shape index (κ1) is 38.9. The number of para-hydroxylation sites is 2. The first-order valence-electron chi connectivity index (χ1n) is 20.6. The second kappa shape index (κ2) is 14.1. The molecule has 0 atom stereocenters. The minimum absolute atomic E-state index is 0. The topological polar surface area (TPSA) is 53.5 Å². The number of benzene rings is 6. The summed E-state index contributed by atoms with van der Waals surface area (Å²) < 4.78 is 20.5. The molecule has 0 aliphatic carbocycles. The van der Waals surface area contributed by atoms with Crippen LogP contribution in [0.4, 0.5) is 0 Å². The maximum Gasteiger partial charge on any atom is 2.00 e. The van der Waals surface area contributed by atoms with Crippen LogP contribution in [-0.4, -0.2) is 9.97 Å². The summed E-state index contributed by atoms with van der Waals surface area (Å²) in [6.07, 6.45) is 0. The molecule has 300 valence electrons. The van der Waals surface area contributed by atoms with Gasteiger partial charge in [0.1, 0.15) is 39.9 Å². The molecule has 5 heterocycles. The summed E-state index contributed by atoms with van der Waals surface area (Å²) in [5.41, 5.74) is 11.6. The van der Waals surface area contributed by atoms with Crippen LogP contribution in [-0.2, 0) is 37.3 Å². The number of aromatic nitrogens is 2. The van der Waals surface area contributed by atoms with Crippen molar-refractivity contribution < 1.29 is 35.3 Å². The van der Waals surface area contributed by atoms with Crippen molar-refractivity contribution in [3.63, 3.8) is 0 Å². The second-order valence-electron chi connectivity index (χ2n) is 18.0. The predicted octanol–water partition coefficient (Wildman–Crippen LogP) is 14.0. The third-order valence-electron chi connectivity index (χ3n) is 12.2. The number of fused-ring (bicyclic) bond motifs is 12. The van der Waals surface area contributed by atoms with Crippen molar-refractivity contribution in [3.8, 4) is 79.3 Å². The molecule has 11 rings (SSSR count). The van der Waals surface area contributed by atoms with Crippen molar-refractivity contribution in [1.82, 2.24) is 9.97 Å². The molecule has 8 aromatic rings. The van der Waals surface area contributed by atoms with E-state index in [9.17, 15) is 0 Å². The van der Waals surface area contributed by atoms with Crippen molar-refractivity contribution in [2.75, 3.05) is 0 Å². The zero-order valence-electron chi connectivity index (χ0n) is 34.8. The van der Waals surface area contributed by atoms with Gasteiger partial charge >= 0.3 is 21.1 Å². The number of pyridine rings is 2. The molecule has 61 heavy (non-hydrogen) atoms. The molecule has 0 spiro atoms. The molecule has 0 unspecified atom stereocenters. The van der Waals surface area contributed by atoms with E-state index in [1.54, 1.807) is 0 Å². The minimum atomic E-state index is -1.09. The van der Waals surface area contributed by atoms with Crippen molar-refractivity contribution in [2.24, 2.45) is 0 Å². The van der Waals surface area contributed by atoms with Crippen LogP contribution in [0.1, 0.15) is 75.2 Å². The van der Waals surface area contributed by atoms with E-state index in [1.165, 1.54) is 11.1 Å². The Hall–Kier alpha value is -6.29. The molecule has 0 radical (unpaired) electrons. The Morgan fingerprint density at radius 1 is 0.426 bits per heavy atom. The van der Waals surface area contributed by atoms with Crippen LogP contribution < -0.4 is 14.2 Å². The summed E-state index contributed by atoms with van der Waals surface area (Å²) in [6.45, 7) is 13.5. The van der Waals surface area contributed by atoms with Gasteiger partial charge in [-0.3, -0.25) is 9.97 Å². The van der Waals surface area contributed by atoms with E-state index < -0.39 is 5.41 Å². The molecule has 0 bridgehead atoms. The van der Waals surface area contributed by atoms with E-state index in [2.05, 4.69) is 139 Å². The number of ether oxygens (including phenoxy) is 3. The van der Waals surface area contributed by atoms with Crippen LogP contribution in [0.3, 0.4) is 0 Å². The molecule has 6 aromatic carbocycles. The zero-order chi connectivity index (χ0) is 41.0. The van der Waals surface area contributed by atoms with Gasteiger partial charge in [0.25, 0.3) is 0 Å². The van der Waals surface area contributed by atoms with Crippen molar-refractivity contribution in [2.45, 2.75) is 57.8 Å². The molecular weight excluding hydrogens is 932 g/mol. The van der Waals surface area contributed by atoms with Crippen LogP contribution in [0.15, 0.2) is 146 Å². The predicted molar refractivity (Wildman–Crippen MR) is 237 cm³/mol. The summed E-state index contributed by atoms with van der Waals surface area (Å²) >= 11 is 0. The van der Waals surface area contributed by atoms with Gasteiger partial charge < -0.3 is 14.2 Å². The van der Waals surface area contributed by atoms with Crippen LogP contribution >= 0.6 is 0 Å². The van der Waals surface area contributed by atoms with E-state index in [0.717, 1.165) is 78.9 Å². The molecule has 3 aliphatic heterocycles. The normalized spacial score (nSPS) is 13.8. The van der Waals surface area contributed by atoms with Crippen molar-refractivity contribution >= 4 is 0 Å². The fourth-order valence-corrected chi connectivity index (χ4v) is 9.04. The summed E-state index contributed by atoms with van der Waals surface area (Å²) in [5, 5.41) is 0. The van der Waals surface area contributed by atoms with E-state index in [4.69, 9.17) is 24.2 Å². The molecule has 0 fully saturated rings. The molecule has 5 nitrogen and oxygen atoms in total. The first-order chi connectivity index (χ1) is 29.0. The smallest absolute Gasteiger partial charge is 0.465 e. The monoisotopic (exact) mass is 973 g/mol. The van der Waals surface area contributed by atoms with Crippen molar-refractivity contribution in [3.05, 3.63) is 191 Å². The average molecular weight is 974 g/mol. The Bertz CT molecular complexity index is 2860. The second-order valence-corrected chi connectivity index (χ2v) is 18.0. The SMILES string of the molecule is CC(C)(C)c1ccc2c(c1)C(c1ccc3c(n1)-c1[c-]cccc1-c1ccccc1O3)(c1ccc3c(n1)-c1[c-]cccc1-c1ccccc1O3)c1cc(C(C)(C)C)ccc1O2.[Pt+2]. The van der Waals surface area contributed by atoms with Gasteiger partial charge in [0.05, 0.1) is 11.4 Å². The van der Waals surface area contributed by atoms with Crippen LogP contribution in [0.2, 0.25) is 0 Å². The Balaban J connectivity index is 0.00000445. The van der Waals surface area contributed by atoms with Gasteiger partial charge in [-0.15, -0.1) is 59.7 Å². The molecule has 2 aromatic heterocycles. The molecule has 3 aliphatic rings. The third kappa shape index (κ3) is 6.08. The van der Waals surface area contributed by atoms with Crippen LogP contribution in [0.5, 0.6) is 34.5 Å². The molecule has 0 saturated heterocycles. The average Bonchev–Trinajstić information content (AvgIpc) is 3.49. The summed E-state index contributed by atoms with van der Waals surface area (Å²) in [6, 6.07) is 57.2. The minimum Gasteiger partial charge on any atom is -0.465 e.